The molecule has 102 valence electrons. The summed E-state index contributed by atoms with van der Waals surface area (Å²) in [6.07, 6.45) is 0.844. The average Bonchev–Trinajstić information content (AvgIpc) is 2.37. The highest BCUT2D eigenvalue weighted by Crippen LogP contribution is 2.26. The molecule has 0 aromatic heterocycles. The zero-order valence-electron chi connectivity index (χ0n) is 10.4. The van der Waals surface area contributed by atoms with E-state index in [1.807, 2.05) is 6.92 Å². The van der Waals surface area contributed by atoms with Crippen LogP contribution in [0.5, 0.6) is 0 Å². The van der Waals surface area contributed by atoms with Crippen LogP contribution < -0.4 is 5.32 Å². The predicted octanol–water partition coefficient (Wildman–Crippen LogP) is 2.78. The number of nitrogens with one attached hydrogen (secondary N) is 1. The Morgan fingerprint density at radius 2 is 2.00 bits per heavy atom. The van der Waals surface area contributed by atoms with Gasteiger partial charge in [-0.15, -0.1) is 0 Å². The van der Waals surface area contributed by atoms with Crippen molar-refractivity contribution in [3.63, 3.8) is 0 Å². The lowest BCUT2D eigenvalue weighted by Gasteiger charge is -2.16. The van der Waals surface area contributed by atoms with Gasteiger partial charge in [0.05, 0.1) is 22.8 Å². The summed E-state index contributed by atoms with van der Waals surface area (Å²) in [4.78, 5) is 0. The Morgan fingerprint density at radius 1 is 1.28 bits per heavy atom. The fourth-order valence-corrected chi connectivity index (χ4v) is 1.96. The minimum absolute atomic E-state index is 0.0889. The summed E-state index contributed by atoms with van der Waals surface area (Å²) in [7, 11) is 0. The van der Waals surface area contributed by atoms with Gasteiger partial charge in [0.1, 0.15) is 0 Å². The van der Waals surface area contributed by atoms with E-state index in [0.717, 1.165) is 12.0 Å². The van der Waals surface area contributed by atoms with Crippen molar-refractivity contribution in [2.24, 2.45) is 0 Å². The summed E-state index contributed by atoms with van der Waals surface area (Å²) in [6.45, 7) is 2.75. The fourth-order valence-electron chi connectivity index (χ4n) is 1.65. The van der Waals surface area contributed by atoms with Crippen LogP contribution in [0.3, 0.4) is 0 Å². The van der Waals surface area contributed by atoms with Gasteiger partial charge in [-0.25, -0.2) is 0 Å². The maximum atomic E-state index is 9.99. The van der Waals surface area contributed by atoms with E-state index >= 15 is 0 Å². The molecular weight excluding hydrogens is 273 g/mol. The van der Waals surface area contributed by atoms with E-state index in [9.17, 15) is 5.11 Å². The van der Waals surface area contributed by atoms with Crippen LogP contribution in [-0.2, 0) is 0 Å². The standard InChI is InChI=1S/C13H19Cl2NO2/c1-2-10(8-17)16-6-5-13(18)9-3-4-11(14)12(15)7-9/h3-4,7,10,13,16-18H,2,5-6,8H2,1H3. The van der Waals surface area contributed by atoms with Crippen molar-refractivity contribution in [3.8, 4) is 0 Å². The normalized spacial score (nSPS) is 14.5. The monoisotopic (exact) mass is 291 g/mol. The lowest BCUT2D eigenvalue weighted by molar-refractivity contribution is 0.161. The van der Waals surface area contributed by atoms with Gasteiger partial charge in [-0.3, -0.25) is 0 Å². The maximum absolute atomic E-state index is 9.99. The van der Waals surface area contributed by atoms with Crippen molar-refractivity contribution < 1.29 is 10.2 Å². The van der Waals surface area contributed by atoms with Gasteiger partial charge in [0, 0.05) is 6.04 Å². The highest BCUT2D eigenvalue weighted by Gasteiger charge is 2.10. The average molecular weight is 292 g/mol. The molecule has 18 heavy (non-hydrogen) atoms. The first kappa shape index (κ1) is 15.7. The van der Waals surface area contributed by atoms with Crippen LogP contribution >= 0.6 is 23.2 Å². The molecule has 1 aromatic carbocycles. The molecule has 5 heteroatoms. The van der Waals surface area contributed by atoms with Gasteiger partial charge in [-0.1, -0.05) is 36.2 Å². The maximum Gasteiger partial charge on any atom is 0.0802 e. The molecular formula is C13H19Cl2NO2. The van der Waals surface area contributed by atoms with Gasteiger partial charge in [0.15, 0.2) is 0 Å². The van der Waals surface area contributed by atoms with Crippen molar-refractivity contribution >= 4 is 23.2 Å². The molecule has 1 rings (SSSR count). The molecule has 0 fully saturated rings. The Kier molecular flexibility index (Phi) is 6.97. The molecule has 0 aliphatic heterocycles. The molecule has 3 N–H and O–H groups in total. The second-order valence-corrected chi connectivity index (χ2v) is 5.03. The van der Waals surface area contributed by atoms with Gasteiger partial charge >= 0.3 is 0 Å². The Morgan fingerprint density at radius 3 is 2.56 bits per heavy atom. The number of rotatable bonds is 7. The third-order valence-corrected chi connectivity index (χ3v) is 3.63. The molecule has 2 unspecified atom stereocenters. The summed E-state index contributed by atoms with van der Waals surface area (Å²) >= 11 is 11.7. The van der Waals surface area contributed by atoms with Crippen LogP contribution in [-0.4, -0.2) is 29.4 Å². The van der Waals surface area contributed by atoms with Gasteiger partial charge in [0.2, 0.25) is 0 Å². The smallest absolute Gasteiger partial charge is 0.0802 e. The number of hydrogen-bond donors (Lipinski definition) is 3. The number of hydrogen-bond acceptors (Lipinski definition) is 3. The quantitative estimate of drug-likeness (QED) is 0.724. The molecule has 0 bridgehead atoms. The van der Waals surface area contributed by atoms with Gasteiger partial charge < -0.3 is 15.5 Å². The van der Waals surface area contributed by atoms with E-state index < -0.39 is 6.10 Å². The highest BCUT2D eigenvalue weighted by molar-refractivity contribution is 6.42. The highest BCUT2D eigenvalue weighted by atomic mass is 35.5. The Labute approximate surface area is 118 Å². The van der Waals surface area contributed by atoms with Crippen molar-refractivity contribution in [1.82, 2.24) is 5.32 Å². The van der Waals surface area contributed by atoms with Crippen molar-refractivity contribution in [2.75, 3.05) is 13.2 Å². The molecule has 0 radical (unpaired) electrons. The third kappa shape index (κ3) is 4.75. The van der Waals surface area contributed by atoms with E-state index in [0.29, 0.717) is 23.0 Å². The summed E-state index contributed by atoms with van der Waals surface area (Å²) in [5.74, 6) is 0. The lowest BCUT2D eigenvalue weighted by Crippen LogP contribution is -2.33. The Balaban J connectivity index is 2.45. The minimum Gasteiger partial charge on any atom is -0.395 e. The van der Waals surface area contributed by atoms with E-state index in [-0.39, 0.29) is 12.6 Å². The van der Waals surface area contributed by atoms with Gasteiger partial charge in [-0.05, 0) is 37.1 Å². The number of aliphatic hydroxyl groups excluding tert-OH is 2. The zero-order valence-corrected chi connectivity index (χ0v) is 11.9. The van der Waals surface area contributed by atoms with Crippen LogP contribution in [0, 0.1) is 0 Å². The molecule has 0 spiro atoms. The molecule has 0 saturated carbocycles. The van der Waals surface area contributed by atoms with Gasteiger partial charge in [-0.2, -0.15) is 0 Å². The largest absolute Gasteiger partial charge is 0.395 e. The second kappa shape index (κ2) is 7.97. The Bertz CT molecular complexity index is 370. The van der Waals surface area contributed by atoms with Crippen molar-refractivity contribution in [1.29, 1.82) is 0 Å². The van der Waals surface area contributed by atoms with E-state index in [1.165, 1.54) is 0 Å². The van der Waals surface area contributed by atoms with Crippen LogP contribution in [0.15, 0.2) is 18.2 Å². The fraction of sp³-hybridized carbons (Fsp3) is 0.538. The molecule has 3 nitrogen and oxygen atoms in total. The number of halogens is 2. The third-order valence-electron chi connectivity index (χ3n) is 2.89. The second-order valence-electron chi connectivity index (χ2n) is 4.22. The molecule has 0 amide bonds. The minimum atomic E-state index is -0.580. The summed E-state index contributed by atoms with van der Waals surface area (Å²) in [6, 6.07) is 5.21. The summed E-state index contributed by atoms with van der Waals surface area (Å²) in [5.41, 5.74) is 0.753. The van der Waals surface area contributed by atoms with Crippen molar-refractivity contribution in [3.05, 3.63) is 33.8 Å². The molecule has 2 atom stereocenters. The molecule has 0 aliphatic carbocycles. The predicted molar refractivity (Wildman–Crippen MR) is 75.2 cm³/mol. The topological polar surface area (TPSA) is 52.5 Å². The molecule has 0 aliphatic rings. The number of benzene rings is 1. The Hall–Kier alpha value is -0.320. The van der Waals surface area contributed by atoms with E-state index in [4.69, 9.17) is 28.3 Å². The van der Waals surface area contributed by atoms with E-state index in [2.05, 4.69) is 5.32 Å². The lowest BCUT2D eigenvalue weighted by atomic mass is 10.1. The first-order valence-corrected chi connectivity index (χ1v) is 6.81. The summed E-state index contributed by atoms with van der Waals surface area (Å²) < 4.78 is 0. The van der Waals surface area contributed by atoms with Crippen LogP contribution in [0.25, 0.3) is 0 Å². The number of aliphatic hydroxyl groups is 2. The van der Waals surface area contributed by atoms with E-state index in [1.54, 1.807) is 18.2 Å². The summed E-state index contributed by atoms with van der Waals surface area (Å²) in [5, 5.41) is 23.1. The molecule has 0 heterocycles. The van der Waals surface area contributed by atoms with Gasteiger partial charge in [0.25, 0.3) is 0 Å². The van der Waals surface area contributed by atoms with Crippen LogP contribution in [0.2, 0.25) is 10.0 Å². The van der Waals surface area contributed by atoms with Crippen LogP contribution in [0.1, 0.15) is 31.4 Å². The first-order valence-electron chi connectivity index (χ1n) is 6.05. The SMILES string of the molecule is CCC(CO)NCCC(O)c1ccc(Cl)c(Cl)c1. The molecule has 1 aromatic rings. The van der Waals surface area contributed by atoms with Crippen LogP contribution in [0.4, 0.5) is 0 Å². The zero-order chi connectivity index (χ0) is 13.5. The molecule has 0 saturated heterocycles. The first-order chi connectivity index (χ1) is 8.58. The van der Waals surface area contributed by atoms with Crippen molar-refractivity contribution in [2.45, 2.75) is 31.9 Å².